The predicted molar refractivity (Wildman–Crippen MR) is 129 cm³/mol. The van der Waals surface area contributed by atoms with Gasteiger partial charge in [-0.2, -0.15) is 0 Å². The molecular weight excluding hydrogens is 422 g/mol. The lowest BCUT2D eigenvalue weighted by atomic mass is 9.74. The van der Waals surface area contributed by atoms with Crippen molar-refractivity contribution in [3.63, 3.8) is 0 Å². The fourth-order valence-corrected chi connectivity index (χ4v) is 4.19. The first-order valence-electron chi connectivity index (χ1n) is 11.2. The molecule has 0 aliphatic carbocycles. The molecule has 2 aromatic carbocycles. The number of ether oxygens (including phenoxy) is 4. The van der Waals surface area contributed by atoms with E-state index in [1.807, 2.05) is 31.2 Å². The topological polar surface area (TPSA) is 77.5 Å². The van der Waals surface area contributed by atoms with E-state index in [-0.39, 0.29) is 11.7 Å². The fraction of sp³-hybridized carbons (Fsp3) is 0.500. The summed E-state index contributed by atoms with van der Waals surface area (Å²) >= 11 is 0. The molecule has 0 aromatic heterocycles. The Bertz CT molecular complexity index is 916. The minimum Gasteiger partial charge on any atom is -0.504 e. The largest absolute Gasteiger partial charge is 0.504 e. The van der Waals surface area contributed by atoms with Crippen LogP contribution in [-0.4, -0.2) is 64.6 Å². The van der Waals surface area contributed by atoms with Crippen LogP contribution in [0, 0.1) is 0 Å². The third kappa shape index (κ3) is 6.32. The van der Waals surface area contributed by atoms with E-state index in [0.29, 0.717) is 18.6 Å². The minimum atomic E-state index is -0.817. The van der Waals surface area contributed by atoms with E-state index >= 15 is 0 Å². The molecule has 182 valence electrons. The average molecular weight is 460 g/mol. The Morgan fingerprint density at radius 2 is 1.61 bits per heavy atom. The third-order valence-electron chi connectivity index (χ3n) is 6.28. The normalized spacial score (nSPS) is 12.8. The summed E-state index contributed by atoms with van der Waals surface area (Å²) in [7, 11) is 8.25. The number of nitrogens with zero attached hydrogens (tertiary/aromatic N) is 1. The summed E-state index contributed by atoms with van der Waals surface area (Å²) in [5, 5.41) is 10.3. The Hall–Kier alpha value is -2.93. The zero-order chi connectivity index (χ0) is 24.4. The van der Waals surface area contributed by atoms with Gasteiger partial charge in [-0.1, -0.05) is 19.1 Å². The highest BCUT2D eigenvalue weighted by Crippen LogP contribution is 2.38. The van der Waals surface area contributed by atoms with E-state index in [2.05, 4.69) is 11.9 Å². The molecule has 1 atom stereocenters. The van der Waals surface area contributed by atoms with Crippen LogP contribution in [-0.2, 0) is 21.4 Å². The van der Waals surface area contributed by atoms with Crippen LogP contribution in [0.25, 0.3) is 0 Å². The zero-order valence-electron chi connectivity index (χ0n) is 20.6. The molecule has 0 aliphatic heterocycles. The molecule has 1 unspecified atom stereocenters. The number of aromatic hydroxyl groups is 1. The average Bonchev–Trinajstić information content (AvgIpc) is 2.84. The van der Waals surface area contributed by atoms with Crippen molar-refractivity contribution < 1.29 is 28.8 Å². The molecule has 1 N–H and O–H groups in total. The van der Waals surface area contributed by atoms with Crippen molar-refractivity contribution in [2.45, 2.75) is 38.0 Å². The van der Waals surface area contributed by atoms with Gasteiger partial charge in [-0.15, -0.1) is 0 Å². The lowest BCUT2D eigenvalue weighted by Crippen LogP contribution is -2.37. The lowest BCUT2D eigenvalue weighted by Gasteiger charge is -2.31. The van der Waals surface area contributed by atoms with Crippen LogP contribution in [0.5, 0.6) is 23.0 Å². The molecule has 0 saturated heterocycles. The highest BCUT2D eigenvalue weighted by Gasteiger charge is 2.39. The van der Waals surface area contributed by atoms with E-state index < -0.39 is 5.41 Å². The van der Waals surface area contributed by atoms with Crippen molar-refractivity contribution >= 4 is 5.97 Å². The summed E-state index contributed by atoms with van der Waals surface area (Å²) in [4.78, 5) is 15.1. The van der Waals surface area contributed by atoms with E-state index in [4.69, 9.17) is 18.9 Å². The van der Waals surface area contributed by atoms with Gasteiger partial charge in [0, 0.05) is 6.54 Å². The molecular formula is C26H37NO6. The zero-order valence-corrected chi connectivity index (χ0v) is 20.6. The molecule has 33 heavy (non-hydrogen) atoms. The molecule has 2 rings (SSSR count). The van der Waals surface area contributed by atoms with E-state index in [9.17, 15) is 9.90 Å². The van der Waals surface area contributed by atoms with E-state index in [0.717, 1.165) is 43.0 Å². The molecule has 0 aliphatic rings. The van der Waals surface area contributed by atoms with Crippen LogP contribution < -0.4 is 14.2 Å². The van der Waals surface area contributed by atoms with Crippen molar-refractivity contribution in [2.24, 2.45) is 0 Å². The van der Waals surface area contributed by atoms with Crippen LogP contribution in [0.1, 0.15) is 37.3 Å². The number of methoxy groups -OCH3 is 4. The Morgan fingerprint density at radius 3 is 2.18 bits per heavy atom. The number of likely N-dealkylation sites (N-methyl/N-ethyl adjacent to an activating group) is 1. The molecule has 0 spiro atoms. The van der Waals surface area contributed by atoms with Crippen LogP contribution >= 0.6 is 0 Å². The van der Waals surface area contributed by atoms with Gasteiger partial charge in [-0.25, -0.2) is 0 Å². The summed E-state index contributed by atoms with van der Waals surface area (Å²) in [5.74, 6) is 1.55. The smallest absolute Gasteiger partial charge is 0.316 e. The van der Waals surface area contributed by atoms with Gasteiger partial charge in [0.25, 0.3) is 0 Å². The first-order valence-corrected chi connectivity index (χ1v) is 11.2. The predicted octanol–water partition coefficient (Wildman–Crippen LogP) is 4.19. The summed E-state index contributed by atoms with van der Waals surface area (Å²) < 4.78 is 21.0. The molecule has 0 heterocycles. The number of carbonyl (C=O) groups excluding carboxylic acids is 1. The highest BCUT2D eigenvalue weighted by molar-refractivity contribution is 5.83. The van der Waals surface area contributed by atoms with Gasteiger partial charge < -0.3 is 29.0 Å². The summed E-state index contributed by atoms with van der Waals surface area (Å²) in [6.45, 7) is 3.67. The minimum absolute atomic E-state index is 0.0174. The maximum absolute atomic E-state index is 12.9. The van der Waals surface area contributed by atoms with E-state index in [1.165, 1.54) is 19.8 Å². The number of esters is 1. The maximum atomic E-state index is 12.9. The van der Waals surface area contributed by atoms with E-state index in [1.54, 1.807) is 26.4 Å². The monoisotopic (exact) mass is 459 g/mol. The molecule has 0 saturated carbocycles. The quantitative estimate of drug-likeness (QED) is 0.450. The Morgan fingerprint density at radius 1 is 0.939 bits per heavy atom. The molecule has 0 radical (unpaired) electrons. The second-order valence-corrected chi connectivity index (χ2v) is 8.16. The van der Waals surface area contributed by atoms with Crippen molar-refractivity contribution in [3.8, 4) is 23.0 Å². The van der Waals surface area contributed by atoms with Crippen molar-refractivity contribution in [1.29, 1.82) is 0 Å². The lowest BCUT2D eigenvalue weighted by molar-refractivity contribution is -0.148. The summed E-state index contributed by atoms with van der Waals surface area (Å²) in [6.07, 6.45) is 2.86. The number of benzene rings is 2. The second kappa shape index (κ2) is 12.3. The molecule has 0 amide bonds. The van der Waals surface area contributed by atoms with Crippen molar-refractivity contribution in [2.75, 3.05) is 48.6 Å². The summed E-state index contributed by atoms with van der Waals surface area (Å²) in [6, 6.07) is 11.1. The van der Waals surface area contributed by atoms with Crippen LogP contribution in [0.3, 0.4) is 0 Å². The van der Waals surface area contributed by atoms with Crippen LogP contribution in [0.4, 0.5) is 0 Å². The molecule has 2 aromatic rings. The van der Waals surface area contributed by atoms with Gasteiger partial charge in [0.15, 0.2) is 23.0 Å². The second-order valence-electron chi connectivity index (χ2n) is 8.16. The van der Waals surface area contributed by atoms with Crippen LogP contribution in [0.15, 0.2) is 36.4 Å². The summed E-state index contributed by atoms with van der Waals surface area (Å²) in [5.41, 5.74) is 1.09. The van der Waals surface area contributed by atoms with Gasteiger partial charge in [-0.3, -0.25) is 4.79 Å². The van der Waals surface area contributed by atoms with Gasteiger partial charge in [-0.05, 0) is 74.7 Å². The Kier molecular flexibility index (Phi) is 9.85. The van der Waals surface area contributed by atoms with Gasteiger partial charge in [0.2, 0.25) is 0 Å². The van der Waals surface area contributed by atoms with Crippen molar-refractivity contribution in [1.82, 2.24) is 4.90 Å². The molecule has 7 heteroatoms. The third-order valence-corrected chi connectivity index (χ3v) is 6.28. The number of phenols is 1. The molecule has 0 fully saturated rings. The van der Waals surface area contributed by atoms with Gasteiger partial charge in [0.05, 0.1) is 33.9 Å². The molecule has 7 nitrogen and oxygen atoms in total. The SMILES string of the molecule is CCC(CCCN(C)CCc1ccc(OC)c(OC)c1)(C(=O)OC)c1ccc(OC)c(O)c1. The number of hydrogen-bond acceptors (Lipinski definition) is 7. The standard InChI is InChI=1S/C26H37NO6/c1-7-26(25(29)33-6,20-10-12-22(30-3)21(28)18-20)14-8-15-27(2)16-13-19-9-11-23(31-4)24(17-19)32-5/h9-12,17-18,28H,7-8,13-16H2,1-6H3. The first kappa shape index (κ1) is 26.3. The number of rotatable bonds is 13. The first-order chi connectivity index (χ1) is 15.8. The number of hydrogen-bond donors (Lipinski definition) is 1. The molecule has 0 bridgehead atoms. The van der Waals surface area contributed by atoms with Crippen LogP contribution in [0.2, 0.25) is 0 Å². The van der Waals surface area contributed by atoms with Crippen molar-refractivity contribution in [3.05, 3.63) is 47.5 Å². The van der Waals surface area contributed by atoms with Gasteiger partial charge in [0.1, 0.15) is 0 Å². The maximum Gasteiger partial charge on any atom is 0.316 e. The highest BCUT2D eigenvalue weighted by atomic mass is 16.5. The number of carbonyl (C=O) groups is 1. The fourth-order valence-electron chi connectivity index (χ4n) is 4.19. The Balaban J connectivity index is 2.03. The Labute approximate surface area is 197 Å². The number of phenolic OH excluding ortho intramolecular Hbond substituents is 1. The van der Waals surface area contributed by atoms with Gasteiger partial charge >= 0.3 is 5.97 Å².